The van der Waals surface area contributed by atoms with Crippen LogP contribution in [0.5, 0.6) is 0 Å². The van der Waals surface area contributed by atoms with Crippen molar-refractivity contribution in [2.24, 2.45) is 11.3 Å². The zero-order chi connectivity index (χ0) is 10.3. The number of rotatable bonds is 1. The molecule has 78 valence electrons. The molecule has 4 heteroatoms. The van der Waals surface area contributed by atoms with Crippen LogP contribution in [0.2, 0.25) is 0 Å². The molecule has 3 nitrogen and oxygen atoms in total. The quantitative estimate of drug-likeness (QED) is 0.647. The Labute approximate surface area is 81.2 Å². The lowest BCUT2D eigenvalue weighted by Gasteiger charge is -2.26. The van der Waals surface area contributed by atoms with E-state index >= 15 is 0 Å². The maximum Gasteiger partial charge on any atom is 0.211 e. The largest absolute Gasteiger partial charge is 0.213 e. The van der Waals surface area contributed by atoms with Crippen LogP contribution in [0.25, 0.3) is 0 Å². The summed E-state index contributed by atoms with van der Waals surface area (Å²) in [6.07, 6.45) is 2.29. The van der Waals surface area contributed by atoms with Crippen molar-refractivity contribution in [1.82, 2.24) is 4.31 Å². The lowest BCUT2D eigenvalue weighted by Crippen LogP contribution is -2.30. The summed E-state index contributed by atoms with van der Waals surface area (Å²) >= 11 is 0. The molecular formula is C9H19NO2S. The van der Waals surface area contributed by atoms with Gasteiger partial charge in [0, 0.05) is 13.1 Å². The van der Waals surface area contributed by atoms with Gasteiger partial charge < -0.3 is 0 Å². The van der Waals surface area contributed by atoms with E-state index in [9.17, 15) is 8.42 Å². The van der Waals surface area contributed by atoms with Gasteiger partial charge in [0.1, 0.15) is 0 Å². The lowest BCUT2D eigenvalue weighted by molar-refractivity contribution is 0.252. The summed E-state index contributed by atoms with van der Waals surface area (Å²) in [6.45, 7) is 7.90. The fraction of sp³-hybridized carbons (Fsp3) is 1.00. The van der Waals surface area contributed by atoms with E-state index in [0.29, 0.717) is 19.0 Å². The molecule has 0 saturated carbocycles. The van der Waals surface area contributed by atoms with Gasteiger partial charge in [0.25, 0.3) is 0 Å². The molecule has 0 aromatic carbocycles. The van der Waals surface area contributed by atoms with Gasteiger partial charge >= 0.3 is 0 Å². The van der Waals surface area contributed by atoms with Crippen molar-refractivity contribution in [1.29, 1.82) is 0 Å². The molecule has 0 spiro atoms. The van der Waals surface area contributed by atoms with Crippen LogP contribution in [0.15, 0.2) is 0 Å². The molecule has 0 bridgehead atoms. The van der Waals surface area contributed by atoms with Gasteiger partial charge in [0.15, 0.2) is 0 Å². The first-order valence-electron chi connectivity index (χ1n) is 4.66. The van der Waals surface area contributed by atoms with E-state index in [0.717, 1.165) is 6.42 Å². The van der Waals surface area contributed by atoms with Crippen molar-refractivity contribution in [2.45, 2.75) is 27.2 Å². The van der Waals surface area contributed by atoms with Crippen LogP contribution in [0.1, 0.15) is 27.2 Å². The van der Waals surface area contributed by atoms with E-state index in [-0.39, 0.29) is 5.41 Å². The van der Waals surface area contributed by atoms with E-state index in [1.165, 1.54) is 6.26 Å². The van der Waals surface area contributed by atoms with Gasteiger partial charge in [0.2, 0.25) is 10.0 Å². The van der Waals surface area contributed by atoms with E-state index in [1.807, 2.05) is 0 Å². The Bertz CT molecular complexity index is 276. The third kappa shape index (κ3) is 2.68. The van der Waals surface area contributed by atoms with Crippen molar-refractivity contribution >= 4 is 10.0 Å². The molecule has 1 rings (SSSR count). The Morgan fingerprint density at radius 3 is 2.08 bits per heavy atom. The monoisotopic (exact) mass is 205 g/mol. The van der Waals surface area contributed by atoms with Gasteiger partial charge in [-0.05, 0) is 17.8 Å². The summed E-state index contributed by atoms with van der Waals surface area (Å²) in [7, 11) is -2.96. The minimum atomic E-state index is -2.96. The molecule has 0 aliphatic carbocycles. The molecule has 1 aliphatic heterocycles. The van der Waals surface area contributed by atoms with Crippen molar-refractivity contribution in [2.75, 3.05) is 19.3 Å². The van der Waals surface area contributed by atoms with Crippen molar-refractivity contribution in [3.05, 3.63) is 0 Å². The third-order valence-corrected chi connectivity index (χ3v) is 4.11. The Hall–Kier alpha value is -0.0900. The number of nitrogens with zero attached hydrogens (tertiary/aromatic N) is 1. The molecule has 0 amide bonds. The zero-order valence-electron chi connectivity index (χ0n) is 8.87. The molecule has 0 aromatic rings. The molecule has 1 aliphatic rings. The van der Waals surface area contributed by atoms with Crippen LogP contribution in [0.3, 0.4) is 0 Å². The Morgan fingerprint density at radius 2 is 1.85 bits per heavy atom. The molecule has 0 N–H and O–H groups in total. The highest BCUT2D eigenvalue weighted by molar-refractivity contribution is 7.88. The van der Waals surface area contributed by atoms with Gasteiger partial charge in [-0.25, -0.2) is 12.7 Å². The SMILES string of the molecule is CC(C)(C)[C@@H]1CCN(S(C)(=O)=O)C1. The Kier molecular flexibility index (Phi) is 2.74. The van der Waals surface area contributed by atoms with Crippen LogP contribution in [-0.4, -0.2) is 32.1 Å². The molecule has 0 aromatic heterocycles. The summed E-state index contributed by atoms with van der Waals surface area (Å²) in [5, 5.41) is 0. The van der Waals surface area contributed by atoms with Crippen LogP contribution in [0.4, 0.5) is 0 Å². The predicted octanol–water partition coefficient (Wildman–Crippen LogP) is 1.31. The molecule has 1 heterocycles. The van der Waals surface area contributed by atoms with Gasteiger partial charge in [-0.15, -0.1) is 0 Å². The minimum absolute atomic E-state index is 0.222. The number of hydrogen-bond acceptors (Lipinski definition) is 2. The Morgan fingerprint density at radius 1 is 1.31 bits per heavy atom. The highest BCUT2D eigenvalue weighted by Gasteiger charge is 2.35. The summed E-state index contributed by atoms with van der Waals surface area (Å²) in [5.41, 5.74) is 0.222. The lowest BCUT2D eigenvalue weighted by atomic mass is 9.80. The number of hydrogen-bond donors (Lipinski definition) is 0. The molecule has 0 unspecified atom stereocenters. The van der Waals surface area contributed by atoms with Crippen molar-refractivity contribution in [3.8, 4) is 0 Å². The van der Waals surface area contributed by atoms with E-state index in [2.05, 4.69) is 20.8 Å². The maximum absolute atomic E-state index is 11.2. The second kappa shape index (κ2) is 3.24. The van der Waals surface area contributed by atoms with Gasteiger partial charge in [0.05, 0.1) is 6.26 Å². The van der Waals surface area contributed by atoms with Gasteiger partial charge in [-0.2, -0.15) is 0 Å². The van der Waals surface area contributed by atoms with E-state index in [4.69, 9.17) is 0 Å². The molecule has 1 saturated heterocycles. The minimum Gasteiger partial charge on any atom is -0.213 e. The van der Waals surface area contributed by atoms with Gasteiger partial charge in [-0.1, -0.05) is 20.8 Å². The van der Waals surface area contributed by atoms with Crippen LogP contribution in [-0.2, 0) is 10.0 Å². The highest BCUT2D eigenvalue weighted by atomic mass is 32.2. The predicted molar refractivity (Wildman–Crippen MR) is 54.0 cm³/mol. The molecular weight excluding hydrogens is 186 g/mol. The molecule has 13 heavy (non-hydrogen) atoms. The topological polar surface area (TPSA) is 37.4 Å². The summed E-state index contributed by atoms with van der Waals surface area (Å²) < 4.78 is 24.1. The molecule has 0 radical (unpaired) electrons. The standard InChI is InChI=1S/C9H19NO2S/c1-9(2,3)8-5-6-10(7-8)13(4,11)12/h8H,5-7H2,1-4H3/t8-/m1/s1. The first kappa shape index (κ1) is 11.0. The Balaban J connectivity index is 2.66. The zero-order valence-corrected chi connectivity index (χ0v) is 9.69. The van der Waals surface area contributed by atoms with Gasteiger partial charge in [-0.3, -0.25) is 0 Å². The second-order valence-electron chi connectivity index (χ2n) is 4.97. The average molecular weight is 205 g/mol. The summed E-state index contributed by atoms with van der Waals surface area (Å²) in [5.74, 6) is 0.502. The first-order valence-corrected chi connectivity index (χ1v) is 6.51. The summed E-state index contributed by atoms with van der Waals surface area (Å²) in [6, 6.07) is 0. The van der Waals surface area contributed by atoms with Crippen LogP contribution >= 0.6 is 0 Å². The molecule has 1 atom stereocenters. The molecule has 1 fully saturated rings. The van der Waals surface area contributed by atoms with Crippen LogP contribution < -0.4 is 0 Å². The third-order valence-electron chi connectivity index (χ3n) is 2.84. The fourth-order valence-electron chi connectivity index (χ4n) is 1.74. The highest BCUT2D eigenvalue weighted by Crippen LogP contribution is 2.34. The maximum atomic E-state index is 11.2. The van der Waals surface area contributed by atoms with E-state index in [1.54, 1.807) is 4.31 Å². The van der Waals surface area contributed by atoms with Crippen LogP contribution in [0, 0.1) is 11.3 Å². The van der Waals surface area contributed by atoms with Crippen molar-refractivity contribution < 1.29 is 8.42 Å². The number of sulfonamides is 1. The normalized spacial score (nSPS) is 26.6. The second-order valence-corrected chi connectivity index (χ2v) is 6.96. The van der Waals surface area contributed by atoms with E-state index < -0.39 is 10.0 Å². The first-order chi connectivity index (χ1) is 5.71. The summed E-state index contributed by atoms with van der Waals surface area (Å²) in [4.78, 5) is 0. The fourth-order valence-corrected chi connectivity index (χ4v) is 2.62. The average Bonchev–Trinajstić information content (AvgIpc) is 2.28. The van der Waals surface area contributed by atoms with Crippen molar-refractivity contribution in [3.63, 3.8) is 0 Å². The smallest absolute Gasteiger partial charge is 0.211 e.